The van der Waals surface area contributed by atoms with E-state index in [-0.39, 0.29) is 5.75 Å². The fourth-order valence-electron chi connectivity index (χ4n) is 3.88. The molecule has 7 nitrogen and oxygen atoms in total. The van der Waals surface area contributed by atoms with Crippen LogP contribution < -0.4 is 0 Å². The van der Waals surface area contributed by atoms with Crippen LogP contribution in [0.15, 0.2) is 24.3 Å². The van der Waals surface area contributed by atoms with Crippen molar-refractivity contribution in [1.29, 1.82) is 0 Å². The lowest BCUT2D eigenvalue weighted by Crippen LogP contribution is -2.56. The number of phenols is 1. The third kappa shape index (κ3) is 5.59. The molecular weight excluding hydrogens is 388 g/mol. The Morgan fingerprint density at radius 2 is 1.57 bits per heavy atom. The molecule has 1 saturated carbocycles. The number of ether oxygens (including phenoxy) is 2. The van der Waals surface area contributed by atoms with Gasteiger partial charge in [-0.25, -0.2) is 0 Å². The topological polar surface area (TPSA) is 110 Å². The quantitative estimate of drug-likeness (QED) is 0.571. The first-order chi connectivity index (χ1) is 13.5. The summed E-state index contributed by atoms with van der Waals surface area (Å²) in [6.07, 6.45) is -0.393. The van der Waals surface area contributed by atoms with Crippen molar-refractivity contribution in [3.8, 4) is 5.75 Å². The lowest BCUT2D eigenvalue weighted by molar-refractivity contribution is -0.182. The Morgan fingerprint density at radius 3 is 2.07 bits per heavy atom. The number of hydrogen-bond donors (Lipinski definition) is 2. The van der Waals surface area contributed by atoms with Crippen LogP contribution in [-0.4, -0.2) is 44.7 Å². The van der Waals surface area contributed by atoms with E-state index in [2.05, 4.69) is 0 Å². The highest BCUT2D eigenvalue weighted by atomic mass is 16.6. The molecule has 0 bridgehead atoms. The van der Waals surface area contributed by atoms with Crippen LogP contribution >= 0.6 is 0 Å². The highest BCUT2D eigenvalue weighted by molar-refractivity contribution is 6.03. The van der Waals surface area contributed by atoms with Gasteiger partial charge in [-0.05, 0) is 66.2 Å². The van der Waals surface area contributed by atoms with Crippen LogP contribution in [0.4, 0.5) is 0 Å². The molecule has 0 aliphatic heterocycles. The van der Waals surface area contributed by atoms with Crippen LogP contribution in [-0.2, 0) is 23.9 Å². The Kier molecular flexibility index (Phi) is 6.38. The smallest absolute Gasteiger partial charge is 0.317 e. The minimum Gasteiger partial charge on any atom is -0.508 e. The molecule has 2 rings (SSSR count). The molecule has 2 N–H and O–H groups in total. The summed E-state index contributed by atoms with van der Waals surface area (Å²) >= 11 is 0. The molecule has 0 amide bonds. The highest BCUT2D eigenvalue weighted by Crippen LogP contribution is 2.47. The number of phenolic OH excluding ortho intramolecular Hbond substituents is 1. The van der Waals surface area contributed by atoms with Gasteiger partial charge in [0.25, 0.3) is 0 Å². The summed E-state index contributed by atoms with van der Waals surface area (Å²) in [7, 11) is 0. The SMILES string of the molecule is CC(C)(C)OC(=O)C1C(=O)CC(C)(O)C(C(=O)OC(C)(C)C)C1c1cccc(O)c1. The molecule has 30 heavy (non-hydrogen) atoms. The van der Waals surface area contributed by atoms with Crippen molar-refractivity contribution in [2.75, 3.05) is 0 Å². The molecule has 1 aromatic rings. The lowest BCUT2D eigenvalue weighted by atomic mass is 9.61. The van der Waals surface area contributed by atoms with Gasteiger partial charge in [-0.3, -0.25) is 14.4 Å². The van der Waals surface area contributed by atoms with Crippen LogP contribution in [0.2, 0.25) is 0 Å². The Morgan fingerprint density at radius 1 is 1.03 bits per heavy atom. The minimum absolute atomic E-state index is 0.0870. The molecule has 0 spiro atoms. The largest absolute Gasteiger partial charge is 0.508 e. The van der Waals surface area contributed by atoms with Crippen molar-refractivity contribution in [1.82, 2.24) is 0 Å². The van der Waals surface area contributed by atoms with Gasteiger partial charge in [0.05, 0.1) is 11.5 Å². The van der Waals surface area contributed by atoms with E-state index in [1.807, 2.05) is 0 Å². The van der Waals surface area contributed by atoms with Gasteiger partial charge in [0.2, 0.25) is 0 Å². The fraction of sp³-hybridized carbons (Fsp3) is 0.609. The standard InChI is InChI=1S/C23H32O7/c1-21(2,3)29-19(26)17-15(25)12-23(7,28)18(20(27)30-22(4,5)6)16(17)13-9-8-10-14(24)11-13/h8-11,16-18,24,28H,12H2,1-7H3. The Labute approximate surface area is 177 Å². The van der Waals surface area contributed by atoms with E-state index >= 15 is 0 Å². The van der Waals surface area contributed by atoms with E-state index in [1.54, 1.807) is 53.7 Å². The molecule has 4 unspecified atom stereocenters. The zero-order valence-corrected chi connectivity index (χ0v) is 18.7. The number of hydrogen-bond acceptors (Lipinski definition) is 7. The maximum atomic E-state index is 13.1. The first-order valence-corrected chi connectivity index (χ1v) is 10.0. The number of benzene rings is 1. The van der Waals surface area contributed by atoms with Gasteiger partial charge < -0.3 is 19.7 Å². The maximum absolute atomic E-state index is 13.1. The minimum atomic E-state index is -1.74. The molecule has 1 fully saturated rings. The predicted molar refractivity (Wildman–Crippen MR) is 110 cm³/mol. The molecule has 1 aliphatic rings. The first-order valence-electron chi connectivity index (χ1n) is 10.0. The van der Waals surface area contributed by atoms with Crippen LogP contribution in [0, 0.1) is 11.8 Å². The summed E-state index contributed by atoms with van der Waals surface area (Å²) in [5, 5.41) is 21.1. The monoisotopic (exact) mass is 420 g/mol. The summed E-state index contributed by atoms with van der Waals surface area (Å²) in [5.41, 5.74) is -3.05. The van der Waals surface area contributed by atoms with E-state index in [0.717, 1.165) is 0 Å². The average molecular weight is 421 g/mol. The van der Waals surface area contributed by atoms with Gasteiger partial charge in [0.15, 0.2) is 5.78 Å². The Hall–Kier alpha value is -2.41. The van der Waals surface area contributed by atoms with E-state index in [9.17, 15) is 24.6 Å². The van der Waals surface area contributed by atoms with Crippen molar-refractivity contribution in [2.24, 2.45) is 11.8 Å². The maximum Gasteiger partial charge on any atom is 0.317 e. The molecule has 4 atom stereocenters. The molecule has 1 aromatic carbocycles. The number of ketones is 1. The second-order valence-electron chi connectivity index (χ2n) is 10.1. The zero-order chi connectivity index (χ0) is 23.1. The molecule has 1 aliphatic carbocycles. The number of aliphatic hydroxyl groups is 1. The third-order valence-electron chi connectivity index (χ3n) is 4.84. The fourth-order valence-corrected chi connectivity index (χ4v) is 3.88. The molecule has 7 heteroatoms. The van der Waals surface area contributed by atoms with E-state index < -0.39 is 58.7 Å². The van der Waals surface area contributed by atoms with Crippen molar-refractivity contribution in [3.05, 3.63) is 29.8 Å². The molecule has 0 heterocycles. The second kappa shape index (κ2) is 8.02. The van der Waals surface area contributed by atoms with Crippen molar-refractivity contribution in [3.63, 3.8) is 0 Å². The number of Topliss-reactive ketones (excluding diaryl/α,β-unsaturated/α-hetero) is 1. The number of carbonyl (C=O) groups excluding carboxylic acids is 3. The Bertz CT molecular complexity index is 827. The lowest BCUT2D eigenvalue weighted by Gasteiger charge is -2.44. The van der Waals surface area contributed by atoms with Gasteiger partial charge in [0.1, 0.15) is 22.9 Å². The third-order valence-corrected chi connectivity index (χ3v) is 4.84. The molecular formula is C23H32O7. The Balaban J connectivity index is 2.64. The summed E-state index contributed by atoms with van der Waals surface area (Å²) in [5.74, 6) is -5.69. The van der Waals surface area contributed by atoms with E-state index in [1.165, 1.54) is 19.1 Å². The van der Waals surface area contributed by atoms with Gasteiger partial charge in [-0.1, -0.05) is 12.1 Å². The van der Waals surface area contributed by atoms with Crippen molar-refractivity contribution >= 4 is 17.7 Å². The number of esters is 2. The summed E-state index contributed by atoms with van der Waals surface area (Å²) in [6.45, 7) is 11.5. The predicted octanol–water partition coefficient (Wildman–Crippen LogP) is 3.12. The number of carbonyl (C=O) groups is 3. The van der Waals surface area contributed by atoms with Crippen molar-refractivity contribution in [2.45, 2.75) is 77.6 Å². The summed E-state index contributed by atoms with van der Waals surface area (Å²) in [4.78, 5) is 39.2. The van der Waals surface area contributed by atoms with Gasteiger partial charge in [-0.15, -0.1) is 0 Å². The van der Waals surface area contributed by atoms with E-state index in [4.69, 9.17) is 9.47 Å². The number of aromatic hydroxyl groups is 1. The van der Waals surface area contributed by atoms with Crippen LogP contribution in [0.1, 0.15) is 66.4 Å². The normalized spacial score (nSPS) is 27.5. The van der Waals surface area contributed by atoms with Gasteiger partial charge in [0, 0.05) is 12.3 Å². The first kappa shape index (κ1) is 23.9. The summed E-state index contributed by atoms with van der Waals surface area (Å²) < 4.78 is 11.0. The number of rotatable bonds is 3. The highest BCUT2D eigenvalue weighted by Gasteiger charge is 2.57. The zero-order valence-electron chi connectivity index (χ0n) is 18.7. The molecule has 166 valence electrons. The van der Waals surface area contributed by atoms with Gasteiger partial charge in [-0.2, -0.15) is 0 Å². The van der Waals surface area contributed by atoms with Crippen LogP contribution in [0.5, 0.6) is 5.75 Å². The average Bonchev–Trinajstić information content (AvgIpc) is 2.49. The molecule has 0 saturated heterocycles. The molecule has 0 aromatic heterocycles. The second-order valence-corrected chi connectivity index (χ2v) is 10.1. The van der Waals surface area contributed by atoms with Gasteiger partial charge >= 0.3 is 11.9 Å². The van der Waals surface area contributed by atoms with Crippen molar-refractivity contribution < 1.29 is 34.1 Å². The molecule has 0 radical (unpaired) electrons. The van der Waals surface area contributed by atoms with Crippen LogP contribution in [0.25, 0.3) is 0 Å². The summed E-state index contributed by atoms with van der Waals surface area (Å²) in [6, 6.07) is 5.98. The van der Waals surface area contributed by atoms with Crippen LogP contribution in [0.3, 0.4) is 0 Å². The van der Waals surface area contributed by atoms with E-state index in [0.29, 0.717) is 5.56 Å².